The Morgan fingerprint density at radius 2 is 1.80 bits per heavy atom. The van der Waals surface area contributed by atoms with E-state index < -0.39 is 0 Å². The van der Waals surface area contributed by atoms with Crippen LogP contribution < -0.4 is 4.74 Å². The number of aromatic nitrogens is 2. The van der Waals surface area contributed by atoms with E-state index in [9.17, 15) is 0 Å². The van der Waals surface area contributed by atoms with E-state index in [1.165, 1.54) is 5.56 Å². The molecule has 0 saturated carbocycles. The van der Waals surface area contributed by atoms with E-state index in [2.05, 4.69) is 59.7 Å². The van der Waals surface area contributed by atoms with Gasteiger partial charge in [0, 0.05) is 23.3 Å². The van der Waals surface area contributed by atoms with Gasteiger partial charge in [-0.15, -0.1) is 0 Å². The average molecular weight is 335 g/mol. The van der Waals surface area contributed by atoms with Crippen LogP contribution in [-0.4, -0.2) is 9.97 Å². The lowest BCUT2D eigenvalue weighted by atomic mass is 9.85. The Balaban J connectivity index is 2.32. The van der Waals surface area contributed by atoms with Crippen LogP contribution in [0.4, 0.5) is 0 Å². The number of hydrogen-bond acceptors (Lipinski definition) is 3. The molecule has 1 aromatic carbocycles. The fourth-order valence-corrected chi connectivity index (χ4v) is 2.17. The summed E-state index contributed by atoms with van der Waals surface area (Å²) >= 11 is 3.37. The second-order valence-electron chi connectivity index (χ2n) is 5.86. The summed E-state index contributed by atoms with van der Waals surface area (Å²) in [5.41, 5.74) is 3.41. The summed E-state index contributed by atoms with van der Waals surface area (Å²) in [4.78, 5) is 8.45. The molecule has 4 heteroatoms. The summed E-state index contributed by atoms with van der Waals surface area (Å²) in [7, 11) is 0. The monoisotopic (exact) mass is 334 g/mol. The van der Waals surface area contributed by atoms with Crippen molar-refractivity contribution in [3.63, 3.8) is 0 Å². The van der Waals surface area contributed by atoms with E-state index in [1.807, 2.05) is 12.1 Å². The number of alkyl halides is 1. The summed E-state index contributed by atoms with van der Waals surface area (Å²) in [5.74, 6) is 0.815. The predicted molar refractivity (Wildman–Crippen MR) is 84.6 cm³/mol. The molecule has 0 fully saturated rings. The topological polar surface area (TPSA) is 35.0 Å². The molecule has 0 radical (unpaired) electrons. The Kier molecular flexibility index (Phi) is 4.43. The Morgan fingerprint density at radius 3 is 2.35 bits per heavy atom. The van der Waals surface area contributed by atoms with Crippen molar-refractivity contribution >= 4 is 15.9 Å². The first-order valence-electron chi connectivity index (χ1n) is 6.56. The third-order valence-electron chi connectivity index (χ3n) is 2.98. The molecule has 0 amide bonds. The SMILES string of the molecule is Cc1ccc(Oc2ncc(CBr)cn2)c(C(C)(C)C)c1. The Labute approximate surface area is 128 Å². The Hall–Kier alpha value is -1.42. The van der Waals surface area contributed by atoms with Gasteiger partial charge in [0.2, 0.25) is 0 Å². The van der Waals surface area contributed by atoms with Gasteiger partial charge in [0.15, 0.2) is 0 Å². The minimum Gasteiger partial charge on any atom is -0.424 e. The van der Waals surface area contributed by atoms with E-state index in [4.69, 9.17) is 4.74 Å². The highest BCUT2D eigenvalue weighted by molar-refractivity contribution is 9.08. The van der Waals surface area contributed by atoms with Crippen molar-refractivity contribution in [3.05, 3.63) is 47.3 Å². The second kappa shape index (κ2) is 5.92. The quantitative estimate of drug-likeness (QED) is 0.758. The van der Waals surface area contributed by atoms with Gasteiger partial charge in [-0.3, -0.25) is 0 Å². The van der Waals surface area contributed by atoms with Crippen molar-refractivity contribution in [1.82, 2.24) is 9.97 Å². The number of benzene rings is 1. The molecule has 1 aromatic heterocycles. The molecule has 0 atom stereocenters. The standard InChI is InChI=1S/C16H19BrN2O/c1-11-5-6-14(13(7-11)16(2,3)4)20-15-18-9-12(8-17)10-19-15/h5-7,9-10H,8H2,1-4H3. The van der Waals surface area contributed by atoms with Crippen LogP contribution in [-0.2, 0) is 10.7 Å². The van der Waals surface area contributed by atoms with E-state index in [-0.39, 0.29) is 5.41 Å². The number of halogens is 1. The molecule has 20 heavy (non-hydrogen) atoms. The zero-order chi connectivity index (χ0) is 14.8. The predicted octanol–water partition coefficient (Wildman–Crippen LogP) is 4.77. The lowest BCUT2D eigenvalue weighted by molar-refractivity contribution is 0.422. The number of rotatable bonds is 3. The van der Waals surface area contributed by atoms with Crippen molar-refractivity contribution < 1.29 is 4.74 Å². The molecule has 0 spiro atoms. The number of aryl methyl sites for hydroxylation is 1. The van der Waals surface area contributed by atoms with Gasteiger partial charge in [0.05, 0.1) is 0 Å². The lowest BCUT2D eigenvalue weighted by Gasteiger charge is -2.22. The zero-order valence-electron chi connectivity index (χ0n) is 12.3. The molecular formula is C16H19BrN2O. The van der Waals surface area contributed by atoms with Crippen molar-refractivity contribution in [3.8, 4) is 11.8 Å². The first-order valence-corrected chi connectivity index (χ1v) is 7.68. The van der Waals surface area contributed by atoms with E-state index in [0.717, 1.165) is 22.2 Å². The van der Waals surface area contributed by atoms with Crippen LogP contribution in [0.25, 0.3) is 0 Å². The molecule has 2 rings (SSSR count). The molecule has 106 valence electrons. The van der Waals surface area contributed by atoms with Crippen molar-refractivity contribution in [1.29, 1.82) is 0 Å². The van der Waals surface area contributed by atoms with Gasteiger partial charge in [-0.1, -0.05) is 54.4 Å². The van der Waals surface area contributed by atoms with Gasteiger partial charge in [-0.05, 0) is 24.0 Å². The van der Waals surface area contributed by atoms with Crippen molar-refractivity contribution in [2.75, 3.05) is 0 Å². The van der Waals surface area contributed by atoms with Crippen molar-refractivity contribution in [2.45, 2.75) is 38.4 Å². The van der Waals surface area contributed by atoms with Gasteiger partial charge >= 0.3 is 6.01 Å². The summed E-state index contributed by atoms with van der Waals surface area (Å²) in [6.45, 7) is 8.59. The maximum Gasteiger partial charge on any atom is 0.321 e. The maximum absolute atomic E-state index is 5.85. The highest BCUT2D eigenvalue weighted by Crippen LogP contribution is 2.33. The molecule has 2 aromatic rings. The highest BCUT2D eigenvalue weighted by atomic mass is 79.9. The minimum absolute atomic E-state index is 0.0111. The molecule has 0 aliphatic heterocycles. The van der Waals surface area contributed by atoms with E-state index in [1.54, 1.807) is 12.4 Å². The summed E-state index contributed by atoms with van der Waals surface area (Å²) in [6, 6.07) is 6.56. The fraction of sp³-hybridized carbons (Fsp3) is 0.375. The Morgan fingerprint density at radius 1 is 1.15 bits per heavy atom. The first-order chi connectivity index (χ1) is 9.40. The normalized spacial score (nSPS) is 11.4. The van der Waals surface area contributed by atoms with Crippen LogP contribution in [0.5, 0.6) is 11.8 Å². The summed E-state index contributed by atoms with van der Waals surface area (Å²) in [6.07, 6.45) is 3.53. The van der Waals surface area contributed by atoms with Crippen LogP contribution in [0.1, 0.15) is 37.5 Å². The second-order valence-corrected chi connectivity index (χ2v) is 6.42. The molecule has 0 saturated heterocycles. The molecule has 0 bridgehead atoms. The molecule has 3 nitrogen and oxygen atoms in total. The summed E-state index contributed by atoms with van der Waals surface area (Å²) < 4.78 is 5.85. The molecule has 0 unspecified atom stereocenters. The molecule has 0 aliphatic carbocycles. The van der Waals surface area contributed by atoms with Crippen LogP contribution in [0.3, 0.4) is 0 Å². The number of nitrogens with zero attached hydrogens (tertiary/aromatic N) is 2. The maximum atomic E-state index is 5.85. The van der Waals surface area contributed by atoms with Crippen LogP contribution in [0.2, 0.25) is 0 Å². The van der Waals surface area contributed by atoms with Gasteiger partial charge < -0.3 is 4.74 Å². The average Bonchev–Trinajstić information content (AvgIpc) is 2.40. The third kappa shape index (κ3) is 3.57. The van der Waals surface area contributed by atoms with E-state index >= 15 is 0 Å². The minimum atomic E-state index is 0.0111. The van der Waals surface area contributed by atoms with Crippen LogP contribution in [0, 0.1) is 6.92 Å². The fourth-order valence-electron chi connectivity index (χ4n) is 1.88. The molecule has 0 aliphatic rings. The summed E-state index contributed by atoms with van der Waals surface area (Å²) in [5, 5.41) is 0.741. The van der Waals surface area contributed by atoms with E-state index in [0.29, 0.717) is 6.01 Å². The molecule has 1 heterocycles. The van der Waals surface area contributed by atoms with Gasteiger partial charge in [0.1, 0.15) is 5.75 Å². The van der Waals surface area contributed by atoms with Gasteiger partial charge in [-0.2, -0.15) is 0 Å². The number of hydrogen-bond donors (Lipinski definition) is 0. The van der Waals surface area contributed by atoms with Gasteiger partial charge in [-0.25, -0.2) is 9.97 Å². The van der Waals surface area contributed by atoms with Crippen LogP contribution >= 0.6 is 15.9 Å². The van der Waals surface area contributed by atoms with Gasteiger partial charge in [0.25, 0.3) is 0 Å². The number of ether oxygens (including phenoxy) is 1. The van der Waals surface area contributed by atoms with Crippen molar-refractivity contribution in [2.24, 2.45) is 0 Å². The van der Waals surface area contributed by atoms with Crippen LogP contribution in [0.15, 0.2) is 30.6 Å². The lowest BCUT2D eigenvalue weighted by Crippen LogP contribution is -2.13. The largest absolute Gasteiger partial charge is 0.424 e. The highest BCUT2D eigenvalue weighted by Gasteiger charge is 2.20. The first kappa shape index (κ1) is 15.0. The molecule has 0 N–H and O–H groups in total. The smallest absolute Gasteiger partial charge is 0.321 e. The molecular weight excluding hydrogens is 316 g/mol. The zero-order valence-corrected chi connectivity index (χ0v) is 13.9. The Bertz CT molecular complexity index is 588. The third-order valence-corrected chi connectivity index (χ3v) is 3.63.